The first-order chi connectivity index (χ1) is 9.24. The number of aromatic nitrogens is 1. The Morgan fingerprint density at radius 2 is 2.21 bits per heavy atom. The highest BCUT2D eigenvalue weighted by Crippen LogP contribution is 2.02. The Labute approximate surface area is 116 Å². The molecule has 0 atom stereocenters. The van der Waals surface area contributed by atoms with Crippen LogP contribution in [-0.4, -0.2) is 10.4 Å². The topological polar surface area (TPSA) is 22.0 Å². The van der Waals surface area contributed by atoms with Crippen molar-refractivity contribution in [2.45, 2.75) is 45.4 Å². The third-order valence-electron chi connectivity index (χ3n) is 3.05. The molecule has 0 amide bonds. The predicted molar refractivity (Wildman–Crippen MR) is 79.8 cm³/mol. The Morgan fingerprint density at radius 1 is 1.37 bits per heavy atom. The van der Waals surface area contributed by atoms with Gasteiger partial charge in [-0.15, -0.1) is 0 Å². The summed E-state index contributed by atoms with van der Waals surface area (Å²) in [7, 11) is 2.02. The van der Waals surface area contributed by atoms with E-state index in [0.717, 1.165) is 19.3 Å². The molecule has 0 aliphatic rings. The molecule has 0 radical (unpaired) electrons. The summed E-state index contributed by atoms with van der Waals surface area (Å²) >= 11 is 0. The van der Waals surface area contributed by atoms with Crippen LogP contribution in [0.25, 0.3) is 0 Å². The number of nitrogens with zero attached hydrogens (tertiary/aromatic N) is 1. The highest BCUT2D eigenvalue weighted by atomic mass is 16.1. The average Bonchev–Trinajstić information content (AvgIpc) is 2.80. The van der Waals surface area contributed by atoms with Crippen molar-refractivity contribution in [2.24, 2.45) is 7.05 Å². The second kappa shape index (κ2) is 9.22. The van der Waals surface area contributed by atoms with Crippen molar-refractivity contribution < 1.29 is 4.79 Å². The lowest BCUT2D eigenvalue weighted by molar-refractivity contribution is -0.113. The van der Waals surface area contributed by atoms with E-state index in [9.17, 15) is 4.79 Å². The van der Waals surface area contributed by atoms with Crippen molar-refractivity contribution in [1.29, 1.82) is 0 Å². The van der Waals surface area contributed by atoms with E-state index in [0.29, 0.717) is 6.42 Å². The second-order valence-electron chi connectivity index (χ2n) is 4.72. The van der Waals surface area contributed by atoms with E-state index >= 15 is 0 Å². The van der Waals surface area contributed by atoms with Crippen molar-refractivity contribution in [3.63, 3.8) is 0 Å². The predicted octanol–water partition coefficient (Wildman–Crippen LogP) is 3.67. The molecule has 0 saturated carbocycles. The summed E-state index contributed by atoms with van der Waals surface area (Å²) in [6, 6.07) is 4.10. The Hall–Kier alpha value is -1.75. The molecule has 0 unspecified atom stereocenters. The van der Waals surface area contributed by atoms with Gasteiger partial charge >= 0.3 is 0 Å². The number of hydrogen-bond donors (Lipinski definition) is 0. The summed E-state index contributed by atoms with van der Waals surface area (Å²) in [5.74, 6) is 5.55. The maximum atomic E-state index is 11.4. The number of Topliss-reactive ketones (excluding diaryl/α,β-unsaturated/α-hetero) is 1. The minimum absolute atomic E-state index is 0.0552. The van der Waals surface area contributed by atoms with Crippen LogP contribution in [0.5, 0.6) is 0 Å². The number of allylic oxidation sites excluding steroid dienone is 2. The van der Waals surface area contributed by atoms with Crippen LogP contribution < -0.4 is 0 Å². The largest absolute Gasteiger partial charge is 0.354 e. The van der Waals surface area contributed by atoms with Crippen molar-refractivity contribution in [3.05, 3.63) is 36.2 Å². The highest BCUT2D eigenvalue weighted by Gasteiger charge is 1.95. The summed E-state index contributed by atoms with van der Waals surface area (Å²) in [6.07, 6.45) is 11.7. The SMILES string of the molecule is CCCCCCC(=O)C#C/C=C/Cc1cccn1C. The standard InChI is InChI=1S/C17H23NO/c1-3-4-5-8-13-17(19)14-9-6-7-11-16-12-10-15-18(16)2/h6-7,10,12,15H,3-5,8,11,13H2,1-2H3/b7-6+. The number of rotatable bonds is 7. The van der Waals surface area contributed by atoms with E-state index in [-0.39, 0.29) is 5.78 Å². The lowest BCUT2D eigenvalue weighted by atomic mass is 10.1. The van der Waals surface area contributed by atoms with Gasteiger partial charge in [0.15, 0.2) is 0 Å². The van der Waals surface area contributed by atoms with E-state index in [1.54, 1.807) is 6.08 Å². The van der Waals surface area contributed by atoms with Crippen molar-refractivity contribution in [2.75, 3.05) is 0 Å². The maximum Gasteiger partial charge on any atom is 0.205 e. The molecule has 2 heteroatoms. The number of hydrogen-bond acceptors (Lipinski definition) is 1. The van der Waals surface area contributed by atoms with E-state index in [4.69, 9.17) is 0 Å². The van der Waals surface area contributed by atoms with Gasteiger partial charge in [-0.05, 0) is 30.6 Å². The first-order valence-electron chi connectivity index (χ1n) is 7.03. The summed E-state index contributed by atoms with van der Waals surface area (Å²) in [5.41, 5.74) is 1.24. The Morgan fingerprint density at radius 3 is 2.89 bits per heavy atom. The molecule has 19 heavy (non-hydrogen) atoms. The van der Waals surface area contributed by atoms with Gasteiger partial charge in [0.25, 0.3) is 0 Å². The van der Waals surface area contributed by atoms with Crippen LogP contribution in [0.3, 0.4) is 0 Å². The lowest BCUT2D eigenvalue weighted by Gasteiger charge is -1.96. The van der Waals surface area contributed by atoms with E-state index in [2.05, 4.69) is 29.4 Å². The third kappa shape index (κ3) is 6.67. The molecular formula is C17H23NO. The van der Waals surface area contributed by atoms with Crippen LogP contribution in [0.15, 0.2) is 30.5 Å². The van der Waals surface area contributed by atoms with E-state index in [1.807, 2.05) is 25.4 Å². The molecule has 0 fully saturated rings. The van der Waals surface area contributed by atoms with Gasteiger partial charge in [-0.2, -0.15) is 0 Å². The van der Waals surface area contributed by atoms with Gasteiger partial charge in [-0.3, -0.25) is 4.79 Å². The minimum atomic E-state index is 0.0552. The third-order valence-corrected chi connectivity index (χ3v) is 3.05. The van der Waals surface area contributed by atoms with Crippen molar-refractivity contribution >= 4 is 5.78 Å². The van der Waals surface area contributed by atoms with Gasteiger partial charge < -0.3 is 4.57 Å². The quantitative estimate of drug-likeness (QED) is 0.415. The van der Waals surface area contributed by atoms with Crippen LogP contribution in [0.2, 0.25) is 0 Å². The fourth-order valence-corrected chi connectivity index (χ4v) is 1.84. The molecule has 0 aromatic carbocycles. The van der Waals surface area contributed by atoms with Crippen LogP contribution in [-0.2, 0) is 18.3 Å². The van der Waals surface area contributed by atoms with Crippen LogP contribution in [0, 0.1) is 11.8 Å². The molecule has 2 nitrogen and oxygen atoms in total. The monoisotopic (exact) mass is 257 g/mol. The summed E-state index contributed by atoms with van der Waals surface area (Å²) in [4.78, 5) is 11.4. The Balaban J connectivity index is 2.23. The molecule has 0 saturated heterocycles. The molecule has 0 N–H and O–H groups in total. The first-order valence-corrected chi connectivity index (χ1v) is 7.03. The fourth-order valence-electron chi connectivity index (χ4n) is 1.84. The van der Waals surface area contributed by atoms with Crippen molar-refractivity contribution in [3.8, 4) is 11.8 Å². The van der Waals surface area contributed by atoms with E-state index in [1.165, 1.54) is 18.5 Å². The van der Waals surface area contributed by atoms with Gasteiger partial charge in [0, 0.05) is 31.8 Å². The molecule has 1 aromatic rings. The van der Waals surface area contributed by atoms with Gasteiger partial charge in [-0.1, -0.05) is 38.2 Å². The number of unbranched alkanes of at least 4 members (excludes halogenated alkanes) is 3. The lowest BCUT2D eigenvalue weighted by Crippen LogP contribution is -1.93. The first kappa shape index (κ1) is 15.3. The summed E-state index contributed by atoms with van der Waals surface area (Å²) < 4.78 is 2.08. The number of aryl methyl sites for hydroxylation is 1. The highest BCUT2D eigenvalue weighted by molar-refractivity contribution is 5.95. The van der Waals surface area contributed by atoms with Gasteiger partial charge in [0.1, 0.15) is 0 Å². The molecule has 0 aliphatic heterocycles. The molecule has 1 aromatic heterocycles. The van der Waals surface area contributed by atoms with Gasteiger partial charge in [-0.25, -0.2) is 0 Å². The zero-order valence-electron chi connectivity index (χ0n) is 12.0. The van der Waals surface area contributed by atoms with Crippen LogP contribution >= 0.6 is 0 Å². The summed E-state index contributed by atoms with van der Waals surface area (Å²) in [5, 5.41) is 0. The Bertz CT molecular complexity index is 471. The Kier molecular flexibility index (Phi) is 7.43. The number of carbonyl (C=O) groups is 1. The summed E-state index contributed by atoms with van der Waals surface area (Å²) in [6.45, 7) is 2.17. The number of ketones is 1. The molecule has 0 aliphatic carbocycles. The average molecular weight is 257 g/mol. The maximum absolute atomic E-state index is 11.4. The smallest absolute Gasteiger partial charge is 0.205 e. The molecular weight excluding hydrogens is 234 g/mol. The normalized spacial score (nSPS) is 10.4. The molecule has 1 heterocycles. The van der Waals surface area contributed by atoms with E-state index < -0.39 is 0 Å². The van der Waals surface area contributed by atoms with Crippen molar-refractivity contribution in [1.82, 2.24) is 4.57 Å². The van der Waals surface area contributed by atoms with Crippen LogP contribution in [0.1, 0.15) is 44.7 Å². The molecule has 0 bridgehead atoms. The molecule has 102 valence electrons. The van der Waals surface area contributed by atoms with Gasteiger partial charge in [0.2, 0.25) is 5.78 Å². The van der Waals surface area contributed by atoms with Gasteiger partial charge in [0.05, 0.1) is 0 Å². The van der Waals surface area contributed by atoms with Crippen LogP contribution in [0.4, 0.5) is 0 Å². The second-order valence-corrected chi connectivity index (χ2v) is 4.72. The zero-order chi connectivity index (χ0) is 13.9. The number of carbonyl (C=O) groups excluding carboxylic acids is 1. The fraction of sp³-hybridized carbons (Fsp3) is 0.471. The molecule has 0 spiro atoms. The minimum Gasteiger partial charge on any atom is -0.354 e. The molecule has 1 rings (SSSR count). The zero-order valence-corrected chi connectivity index (χ0v) is 12.0.